The Labute approximate surface area is 164 Å². The molecular formula is C21H21Cl2NO2. The molecule has 3 rings (SSSR count). The van der Waals surface area contributed by atoms with Crippen LogP contribution in [0.5, 0.6) is 11.5 Å². The first-order valence-corrected chi connectivity index (χ1v) is 9.26. The molecule has 136 valence electrons. The van der Waals surface area contributed by atoms with Crippen LogP contribution in [0, 0.1) is 17.3 Å². The molecule has 1 N–H and O–H groups in total. The van der Waals surface area contributed by atoms with Gasteiger partial charge in [0.05, 0.1) is 5.92 Å². The number of allylic oxidation sites excluding steroid dienone is 1. The lowest BCUT2D eigenvalue weighted by Crippen LogP contribution is -2.26. The molecule has 0 unspecified atom stereocenters. The van der Waals surface area contributed by atoms with Crippen LogP contribution in [0.4, 0.5) is 0 Å². The second-order valence-electron chi connectivity index (χ2n) is 7.06. The van der Waals surface area contributed by atoms with Crippen LogP contribution in [0.3, 0.4) is 0 Å². The van der Waals surface area contributed by atoms with Gasteiger partial charge < -0.3 is 10.1 Å². The first-order chi connectivity index (χ1) is 12.4. The normalized spacial score (nSPS) is 20.2. The fourth-order valence-electron chi connectivity index (χ4n) is 3.27. The highest BCUT2D eigenvalue weighted by Crippen LogP contribution is 2.59. The van der Waals surface area contributed by atoms with E-state index in [2.05, 4.69) is 5.32 Å². The van der Waals surface area contributed by atoms with E-state index in [0.717, 1.165) is 17.1 Å². The van der Waals surface area contributed by atoms with Crippen molar-refractivity contribution in [3.63, 3.8) is 0 Å². The van der Waals surface area contributed by atoms with Gasteiger partial charge in [0.15, 0.2) is 0 Å². The molecule has 0 spiro atoms. The number of rotatable bonds is 6. The molecule has 5 heteroatoms. The summed E-state index contributed by atoms with van der Waals surface area (Å²) in [5.74, 6) is 1.49. The molecule has 1 fully saturated rings. The molecule has 1 aliphatic rings. The van der Waals surface area contributed by atoms with E-state index in [4.69, 9.17) is 27.9 Å². The van der Waals surface area contributed by atoms with Gasteiger partial charge in [-0.05, 0) is 47.2 Å². The summed E-state index contributed by atoms with van der Waals surface area (Å²) in [6, 6.07) is 17.3. The second-order valence-corrected chi connectivity index (χ2v) is 8.07. The minimum absolute atomic E-state index is 0.0141. The largest absolute Gasteiger partial charge is 0.457 e. The van der Waals surface area contributed by atoms with Crippen molar-refractivity contribution in [3.8, 4) is 11.5 Å². The van der Waals surface area contributed by atoms with Crippen molar-refractivity contribution in [2.45, 2.75) is 20.4 Å². The van der Waals surface area contributed by atoms with E-state index in [0.29, 0.717) is 6.54 Å². The summed E-state index contributed by atoms with van der Waals surface area (Å²) in [4.78, 5) is 12.5. The highest BCUT2D eigenvalue weighted by molar-refractivity contribution is 6.55. The summed E-state index contributed by atoms with van der Waals surface area (Å²) in [5, 5.41) is 3.00. The zero-order valence-corrected chi connectivity index (χ0v) is 16.2. The van der Waals surface area contributed by atoms with Gasteiger partial charge >= 0.3 is 0 Å². The van der Waals surface area contributed by atoms with Gasteiger partial charge in [0.25, 0.3) is 0 Å². The van der Waals surface area contributed by atoms with E-state index in [9.17, 15) is 4.79 Å². The SMILES string of the molecule is CC1(C)[C@H](C=C(Cl)Cl)[C@@H]1C(=O)NCc1cccc(Oc2ccccc2)c1. The van der Waals surface area contributed by atoms with E-state index in [-0.39, 0.29) is 27.6 Å². The molecule has 0 saturated heterocycles. The van der Waals surface area contributed by atoms with Crippen molar-refractivity contribution in [1.29, 1.82) is 0 Å². The van der Waals surface area contributed by atoms with Gasteiger partial charge in [-0.15, -0.1) is 0 Å². The molecule has 0 radical (unpaired) electrons. The van der Waals surface area contributed by atoms with Crippen LogP contribution < -0.4 is 10.1 Å². The Morgan fingerprint density at radius 3 is 2.50 bits per heavy atom. The zero-order valence-electron chi connectivity index (χ0n) is 14.7. The molecule has 0 heterocycles. The number of hydrogen-bond donors (Lipinski definition) is 1. The Kier molecular flexibility index (Phi) is 5.59. The fraction of sp³-hybridized carbons (Fsp3) is 0.286. The Hall–Kier alpha value is -1.97. The van der Waals surface area contributed by atoms with Crippen molar-refractivity contribution in [2.24, 2.45) is 17.3 Å². The lowest BCUT2D eigenvalue weighted by atomic mass is 10.1. The summed E-state index contributed by atoms with van der Waals surface area (Å²) in [5.41, 5.74) is 0.852. The summed E-state index contributed by atoms with van der Waals surface area (Å²) in [7, 11) is 0. The van der Waals surface area contributed by atoms with Crippen LogP contribution in [0.25, 0.3) is 0 Å². The monoisotopic (exact) mass is 389 g/mol. The molecule has 1 saturated carbocycles. The molecule has 2 aromatic carbocycles. The number of hydrogen-bond acceptors (Lipinski definition) is 2. The average Bonchev–Trinajstić information content (AvgIpc) is 3.13. The number of carbonyl (C=O) groups is 1. The quantitative estimate of drug-likeness (QED) is 0.689. The van der Waals surface area contributed by atoms with Crippen LogP contribution in [0.2, 0.25) is 0 Å². The zero-order chi connectivity index (χ0) is 18.7. The Morgan fingerprint density at radius 1 is 1.12 bits per heavy atom. The molecule has 0 aliphatic heterocycles. The number of halogens is 2. The molecule has 1 aliphatic carbocycles. The number of para-hydroxylation sites is 1. The second kappa shape index (κ2) is 7.73. The third kappa shape index (κ3) is 4.40. The lowest BCUT2D eigenvalue weighted by molar-refractivity contribution is -0.123. The van der Waals surface area contributed by atoms with Crippen LogP contribution >= 0.6 is 23.2 Å². The van der Waals surface area contributed by atoms with Crippen molar-refractivity contribution in [2.75, 3.05) is 0 Å². The predicted octanol–water partition coefficient (Wildman–Crippen LogP) is 5.69. The van der Waals surface area contributed by atoms with Crippen molar-refractivity contribution in [1.82, 2.24) is 5.32 Å². The topological polar surface area (TPSA) is 38.3 Å². The maximum Gasteiger partial charge on any atom is 0.224 e. The van der Waals surface area contributed by atoms with E-state index in [1.807, 2.05) is 68.4 Å². The maximum absolute atomic E-state index is 12.5. The van der Waals surface area contributed by atoms with Crippen molar-refractivity contribution in [3.05, 3.63) is 70.7 Å². The Morgan fingerprint density at radius 2 is 1.81 bits per heavy atom. The van der Waals surface area contributed by atoms with Gasteiger partial charge in [0, 0.05) is 6.54 Å². The smallest absolute Gasteiger partial charge is 0.224 e. The molecule has 2 aromatic rings. The Balaban J connectivity index is 1.59. The number of nitrogens with one attached hydrogen (secondary N) is 1. The molecule has 26 heavy (non-hydrogen) atoms. The molecule has 1 amide bonds. The van der Waals surface area contributed by atoms with Gasteiger partial charge in [-0.3, -0.25) is 4.79 Å². The summed E-state index contributed by atoms with van der Waals surface area (Å²) in [6.07, 6.45) is 1.75. The molecule has 2 atom stereocenters. The minimum atomic E-state index is -0.128. The fourth-order valence-corrected chi connectivity index (χ4v) is 3.54. The number of benzene rings is 2. The van der Waals surface area contributed by atoms with Gasteiger partial charge in [0.2, 0.25) is 5.91 Å². The van der Waals surface area contributed by atoms with Crippen LogP contribution in [-0.2, 0) is 11.3 Å². The van der Waals surface area contributed by atoms with E-state index < -0.39 is 0 Å². The first kappa shape index (κ1) is 18.8. The van der Waals surface area contributed by atoms with E-state index >= 15 is 0 Å². The first-order valence-electron chi connectivity index (χ1n) is 8.50. The highest BCUT2D eigenvalue weighted by atomic mass is 35.5. The van der Waals surface area contributed by atoms with Crippen LogP contribution in [-0.4, -0.2) is 5.91 Å². The Bertz CT molecular complexity index is 814. The van der Waals surface area contributed by atoms with Crippen molar-refractivity contribution < 1.29 is 9.53 Å². The van der Waals surface area contributed by atoms with Gasteiger partial charge in [-0.25, -0.2) is 0 Å². The number of ether oxygens (including phenoxy) is 1. The van der Waals surface area contributed by atoms with E-state index in [1.165, 1.54) is 0 Å². The molecule has 0 bridgehead atoms. The molecule has 3 nitrogen and oxygen atoms in total. The van der Waals surface area contributed by atoms with Crippen LogP contribution in [0.1, 0.15) is 19.4 Å². The lowest BCUT2D eigenvalue weighted by Gasteiger charge is -2.09. The van der Waals surface area contributed by atoms with Gasteiger partial charge in [-0.1, -0.05) is 67.4 Å². The molecular weight excluding hydrogens is 369 g/mol. The molecule has 0 aromatic heterocycles. The predicted molar refractivity (Wildman–Crippen MR) is 105 cm³/mol. The average molecular weight is 390 g/mol. The number of carbonyl (C=O) groups excluding carboxylic acids is 1. The summed E-state index contributed by atoms with van der Waals surface area (Å²) in [6.45, 7) is 4.54. The number of amides is 1. The van der Waals surface area contributed by atoms with E-state index in [1.54, 1.807) is 6.08 Å². The third-order valence-electron chi connectivity index (χ3n) is 4.84. The highest BCUT2D eigenvalue weighted by Gasteiger charge is 2.60. The van der Waals surface area contributed by atoms with Gasteiger partial charge in [0.1, 0.15) is 16.0 Å². The van der Waals surface area contributed by atoms with Gasteiger partial charge in [-0.2, -0.15) is 0 Å². The summed E-state index contributed by atoms with van der Waals surface area (Å²) < 4.78 is 6.04. The third-order valence-corrected chi connectivity index (χ3v) is 5.09. The summed E-state index contributed by atoms with van der Waals surface area (Å²) >= 11 is 11.5. The minimum Gasteiger partial charge on any atom is -0.457 e. The van der Waals surface area contributed by atoms with Crippen molar-refractivity contribution >= 4 is 29.1 Å². The maximum atomic E-state index is 12.5. The van der Waals surface area contributed by atoms with Crippen LogP contribution in [0.15, 0.2) is 65.2 Å². The standard InChI is InChI=1S/C21H21Cl2NO2/c1-21(2)17(12-18(22)23)19(21)20(25)24-13-14-7-6-10-16(11-14)26-15-8-4-3-5-9-15/h3-12,17,19H,13H2,1-2H3,(H,24,25)/t17-,19-/m1/s1.